The number of aryl methyl sites for hydroxylation is 2. The molecule has 2 rings (SSSR count). The van der Waals surface area contributed by atoms with E-state index in [4.69, 9.17) is 0 Å². The number of hydrogen-bond acceptors (Lipinski definition) is 5. The second-order valence-electron chi connectivity index (χ2n) is 4.63. The monoisotopic (exact) mass is 309 g/mol. The van der Waals surface area contributed by atoms with Crippen LogP contribution in [-0.4, -0.2) is 10.0 Å². The van der Waals surface area contributed by atoms with E-state index >= 15 is 0 Å². The maximum atomic E-state index is 11.1. The molecule has 0 radical (unpaired) electrons. The first-order valence-electron chi connectivity index (χ1n) is 6.09. The lowest BCUT2D eigenvalue weighted by Gasteiger charge is -2.04. The molecule has 1 heterocycles. The predicted molar refractivity (Wildman–Crippen MR) is 81.6 cm³/mol. The lowest BCUT2D eigenvalue weighted by Crippen LogP contribution is -1.88. The molecule has 0 saturated heterocycles. The summed E-state index contributed by atoms with van der Waals surface area (Å²) in [6, 6.07) is 7.48. The summed E-state index contributed by atoms with van der Waals surface area (Å²) in [5.74, 6) is 0. The zero-order valence-corrected chi connectivity index (χ0v) is 13.0. The van der Waals surface area contributed by atoms with Gasteiger partial charge in [-0.05, 0) is 32.4 Å². The van der Waals surface area contributed by atoms with Crippen LogP contribution in [0.25, 0.3) is 0 Å². The van der Waals surface area contributed by atoms with Crippen molar-refractivity contribution in [2.75, 3.05) is 0 Å². The van der Waals surface area contributed by atoms with Gasteiger partial charge in [0.25, 0.3) is 5.69 Å². The summed E-state index contributed by atoms with van der Waals surface area (Å²) in [6.45, 7) is 5.62. The Balaban J connectivity index is 2.39. The number of hydrogen-bond donors (Lipinski definition) is 1. The van der Waals surface area contributed by atoms with Gasteiger partial charge in [-0.1, -0.05) is 29.5 Å². The second-order valence-corrected chi connectivity index (χ2v) is 7.02. The van der Waals surface area contributed by atoms with Crippen molar-refractivity contribution in [2.24, 2.45) is 0 Å². The normalized spacial score (nSPS) is 12.4. The molecular formula is C14H15NO3S2. The van der Waals surface area contributed by atoms with Crippen molar-refractivity contribution in [1.82, 2.24) is 0 Å². The van der Waals surface area contributed by atoms with E-state index in [1.165, 1.54) is 29.2 Å². The molecule has 1 atom stereocenters. The van der Waals surface area contributed by atoms with Crippen molar-refractivity contribution in [1.29, 1.82) is 0 Å². The van der Waals surface area contributed by atoms with Crippen LogP contribution in [0.1, 0.15) is 29.0 Å². The van der Waals surface area contributed by atoms with Gasteiger partial charge in [0.1, 0.15) is 4.21 Å². The molecule has 2 aromatic rings. The summed E-state index contributed by atoms with van der Waals surface area (Å²) >= 11 is 2.66. The molecule has 0 bridgehead atoms. The average molecular weight is 309 g/mol. The molecule has 0 fully saturated rings. The Morgan fingerprint density at radius 3 is 2.60 bits per heavy atom. The van der Waals surface area contributed by atoms with Gasteiger partial charge < -0.3 is 5.11 Å². The Hall–Kier alpha value is -1.37. The molecule has 0 aliphatic heterocycles. The Morgan fingerprint density at radius 2 is 2.05 bits per heavy atom. The summed E-state index contributed by atoms with van der Waals surface area (Å²) in [5, 5.41) is 20.7. The summed E-state index contributed by atoms with van der Waals surface area (Å²) in [5.41, 5.74) is 2.32. The molecule has 0 aliphatic rings. The molecule has 4 nitrogen and oxygen atoms in total. The van der Waals surface area contributed by atoms with Crippen molar-refractivity contribution in [3.8, 4) is 0 Å². The van der Waals surface area contributed by atoms with Gasteiger partial charge in [-0.15, -0.1) is 11.3 Å². The lowest BCUT2D eigenvalue weighted by molar-refractivity contribution is -0.387. The van der Waals surface area contributed by atoms with Gasteiger partial charge in [0.05, 0.1) is 11.0 Å². The van der Waals surface area contributed by atoms with Crippen LogP contribution in [0.15, 0.2) is 33.4 Å². The predicted octanol–water partition coefficient (Wildman–Crippen LogP) is 4.48. The highest BCUT2D eigenvalue weighted by atomic mass is 32.2. The summed E-state index contributed by atoms with van der Waals surface area (Å²) in [7, 11) is 0. The third-order valence-electron chi connectivity index (χ3n) is 2.84. The highest BCUT2D eigenvalue weighted by Crippen LogP contribution is 2.43. The third-order valence-corrected chi connectivity index (χ3v) is 5.50. The Labute approximate surface area is 125 Å². The minimum absolute atomic E-state index is 0.0656. The molecule has 1 aromatic carbocycles. The minimum Gasteiger partial charge on any atom is -0.388 e. The van der Waals surface area contributed by atoms with Crippen LogP contribution in [0.5, 0.6) is 0 Å². The van der Waals surface area contributed by atoms with Crippen LogP contribution < -0.4 is 0 Å². The average Bonchev–Trinajstić information content (AvgIpc) is 2.77. The van der Waals surface area contributed by atoms with E-state index in [-0.39, 0.29) is 5.69 Å². The zero-order chi connectivity index (χ0) is 14.9. The molecule has 0 unspecified atom stereocenters. The van der Waals surface area contributed by atoms with Gasteiger partial charge in [-0.2, -0.15) is 0 Å². The van der Waals surface area contributed by atoms with Gasteiger partial charge in [-0.3, -0.25) is 10.1 Å². The van der Waals surface area contributed by atoms with Crippen molar-refractivity contribution < 1.29 is 10.0 Å². The van der Waals surface area contributed by atoms with E-state index in [1.54, 1.807) is 6.92 Å². The first-order valence-corrected chi connectivity index (χ1v) is 7.73. The number of thiophene rings is 1. The minimum atomic E-state index is -0.688. The first-order chi connectivity index (χ1) is 9.38. The number of aliphatic hydroxyl groups excluding tert-OH is 1. The van der Waals surface area contributed by atoms with Crippen LogP contribution in [-0.2, 0) is 0 Å². The Morgan fingerprint density at radius 1 is 1.35 bits per heavy atom. The SMILES string of the molecule is Cc1ccc(Sc2sc([C@H](C)O)cc2[N+](=O)[O-])c(C)c1. The molecule has 0 aliphatic carbocycles. The van der Waals surface area contributed by atoms with Gasteiger partial charge in [-0.25, -0.2) is 0 Å². The van der Waals surface area contributed by atoms with E-state index in [0.29, 0.717) is 9.09 Å². The summed E-state index contributed by atoms with van der Waals surface area (Å²) < 4.78 is 0.609. The van der Waals surface area contributed by atoms with Crippen LogP contribution in [0.2, 0.25) is 0 Å². The number of nitrogens with zero attached hydrogens (tertiary/aromatic N) is 1. The quantitative estimate of drug-likeness (QED) is 0.668. The molecule has 106 valence electrons. The third kappa shape index (κ3) is 3.20. The van der Waals surface area contributed by atoms with Gasteiger partial charge >= 0.3 is 0 Å². The highest BCUT2D eigenvalue weighted by molar-refractivity contribution is 8.01. The van der Waals surface area contributed by atoms with Crippen molar-refractivity contribution in [3.63, 3.8) is 0 Å². The molecule has 1 N–H and O–H groups in total. The van der Waals surface area contributed by atoms with E-state index < -0.39 is 11.0 Å². The van der Waals surface area contributed by atoms with E-state index in [9.17, 15) is 15.2 Å². The smallest absolute Gasteiger partial charge is 0.294 e. The molecule has 0 spiro atoms. The highest BCUT2D eigenvalue weighted by Gasteiger charge is 2.22. The molecule has 6 heteroatoms. The van der Waals surface area contributed by atoms with Crippen LogP contribution in [0.3, 0.4) is 0 Å². The topological polar surface area (TPSA) is 63.4 Å². The van der Waals surface area contributed by atoms with Crippen LogP contribution in [0, 0.1) is 24.0 Å². The van der Waals surface area contributed by atoms with Crippen LogP contribution in [0.4, 0.5) is 5.69 Å². The Bertz CT molecular complexity index is 650. The first kappa shape index (κ1) is 15.0. The molecular weight excluding hydrogens is 294 g/mol. The summed E-state index contributed by atoms with van der Waals surface area (Å²) in [6.07, 6.45) is -0.688. The fourth-order valence-corrected chi connectivity index (χ4v) is 4.11. The van der Waals surface area contributed by atoms with E-state index in [2.05, 4.69) is 6.07 Å². The Kier molecular flexibility index (Phi) is 4.47. The second kappa shape index (κ2) is 5.95. The molecule has 0 amide bonds. The van der Waals surface area contributed by atoms with Crippen molar-refractivity contribution in [2.45, 2.75) is 36.0 Å². The van der Waals surface area contributed by atoms with Gasteiger partial charge in [0.2, 0.25) is 0 Å². The number of nitro groups is 1. The summed E-state index contributed by atoms with van der Waals surface area (Å²) in [4.78, 5) is 12.3. The van der Waals surface area contributed by atoms with E-state index in [1.807, 2.05) is 26.0 Å². The maximum Gasteiger partial charge on any atom is 0.294 e. The molecule has 1 aromatic heterocycles. The molecule has 20 heavy (non-hydrogen) atoms. The van der Waals surface area contributed by atoms with Crippen molar-refractivity contribution >= 4 is 28.8 Å². The fourth-order valence-electron chi connectivity index (χ4n) is 1.80. The van der Waals surface area contributed by atoms with E-state index in [0.717, 1.165) is 16.0 Å². The molecule has 0 saturated carbocycles. The van der Waals surface area contributed by atoms with Gasteiger partial charge in [0.15, 0.2) is 0 Å². The van der Waals surface area contributed by atoms with Crippen molar-refractivity contribution in [3.05, 3.63) is 50.4 Å². The number of aliphatic hydroxyl groups is 1. The number of rotatable bonds is 4. The van der Waals surface area contributed by atoms with Gasteiger partial charge in [0, 0.05) is 15.8 Å². The van der Waals surface area contributed by atoms with Crippen LogP contribution >= 0.6 is 23.1 Å². The largest absolute Gasteiger partial charge is 0.388 e. The maximum absolute atomic E-state index is 11.1. The standard InChI is InChI=1S/C14H15NO3S2/c1-8-4-5-12(9(2)6-8)19-14-11(15(17)18)7-13(20-14)10(3)16/h4-7,10,16H,1-3H3/t10-/m0/s1. The fraction of sp³-hybridized carbons (Fsp3) is 0.286. The lowest BCUT2D eigenvalue weighted by atomic mass is 10.2. The number of benzene rings is 1. The zero-order valence-electron chi connectivity index (χ0n) is 11.4.